The molecule has 15 heavy (non-hydrogen) atoms. The lowest BCUT2D eigenvalue weighted by atomic mass is 9.99. The van der Waals surface area contributed by atoms with Crippen molar-refractivity contribution >= 4 is 11.6 Å². The number of alkyl halides is 1. The first-order chi connectivity index (χ1) is 7.27. The van der Waals surface area contributed by atoms with Crippen LogP contribution in [-0.4, -0.2) is 23.6 Å². The fourth-order valence-electron chi connectivity index (χ4n) is 1.92. The fourth-order valence-corrected chi connectivity index (χ4v) is 2.27. The molecule has 1 fully saturated rings. The molecular weight excluding hydrogens is 210 g/mol. The van der Waals surface area contributed by atoms with Gasteiger partial charge in [0.05, 0.1) is 6.61 Å². The Morgan fingerprint density at radius 2 is 2.53 bits per heavy atom. The average molecular weight is 226 g/mol. The van der Waals surface area contributed by atoms with E-state index >= 15 is 0 Å². The summed E-state index contributed by atoms with van der Waals surface area (Å²) in [5, 5.41) is 0.154. The van der Waals surface area contributed by atoms with E-state index in [1.54, 1.807) is 0 Å². The lowest BCUT2D eigenvalue weighted by Crippen LogP contribution is -2.18. The van der Waals surface area contributed by atoms with Crippen LogP contribution in [0, 0.1) is 12.8 Å². The van der Waals surface area contributed by atoms with Gasteiger partial charge in [0.2, 0.25) is 0 Å². The lowest BCUT2D eigenvalue weighted by molar-refractivity contribution is 0.185. The van der Waals surface area contributed by atoms with Gasteiger partial charge < -0.3 is 4.74 Å². The second kappa shape index (κ2) is 4.95. The SMILES string of the molecule is Cc1cccnc1CC(Cl)C1CCOC1. The molecule has 0 aromatic carbocycles. The average Bonchev–Trinajstić information content (AvgIpc) is 2.74. The van der Waals surface area contributed by atoms with E-state index in [2.05, 4.69) is 18.0 Å². The Morgan fingerprint density at radius 1 is 1.67 bits per heavy atom. The van der Waals surface area contributed by atoms with Gasteiger partial charge in [-0.15, -0.1) is 11.6 Å². The van der Waals surface area contributed by atoms with Crippen LogP contribution >= 0.6 is 11.6 Å². The van der Waals surface area contributed by atoms with Gasteiger partial charge in [-0.3, -0.25) is 4.98 Å². The minimum Gasteiger partial charge on any atom is -0.381 e. The number of hydrogen-bond acceptors (Lipinski definition) is 2. The highest BCUT2D eigenvalue weighted by atomic mass is 35.5. The van der Waals surface area contributed by atoms with Crippen LogP contribution in [0.4, 0.5) is 0 Å². The quantitative estimate of drug-likeness (QED) is 0.738. The summed E-state index contributed by atoms with van der Waals surface area (Å²) in [4.78, 5) is 4.36. The minimum absolute atomic E-state index is 0.154. The van der Waals surface area contributed by atoms with Crippen molar-refractivity contribution in [2.24, 2.45) is 5.92 Å². The van der Waals surface area contributed by atoms with Crippen molar-refractivity contribution in [3.8, 4) is 0 Å². The molecule has 0 N–H and O–H groups in total. The van der Waals surface area contributed by atoms with Gasteiger partial charge in [-0.25, -0.2) is 0 Å². The number of halogens is 1. The molecule has 1 aliphatic heterocycles. The molecule has 2 atom stereocenters. The maximum atomic E-state index is 6.37. The number of ether oxygens (including phenoxy) is 1. The van der Waals surface area contributed by atoms with Crippen molar-refractivity contribution in [3.05, 3.63) is 29.6 Å². The molecular formula is C12H16ClNO. The van der Waals surface area contributed by atoms with Crippen LogP contribution in [-0.2, 0) is 11.2 Å². The number of rotatable bonds is 3. The third-order valence-corrected chi connectivity index (χ3v) is 3.49. The third-order valence-electron chi connectivity index (χ3n) is 2.98. The van der Waals surface area contributed by atoms with Crippen molar-refractivity contribution in [1.29, 1.82) is 0 Å². The first-order valence-corrected chi connectivity index (χ1v) is 5.83. The predicted octanol–water partition coefficient (Wildman–Crippen LogP) is 2.58. The van der Waals surface area contributed by atoms with Crippen LogP contribution in [0.15, 0.2) is 18.3 Å². The summed E-state index contributed by atoms with van der Waals surface area (Å²) in [6.45, 7) is 3.74. The van der Waals surface area contributed by atoms with E-state index in [0.29, 0.717) is 5.92 Å². The molecule has 0 saturated carbocycles. The number of hydrogen-bond donors (Lipinski definition) is 0. The van der Waals surface area contributed by atoms with Crippen molar-refractivity contribution < 1.29 is 4.74 Å². The molecule has 82 valence electrons. The van der Waals surface area contributed by atoms with E-state index in [9.17, 15) is 0 Å². The Labute approximate surface area is 95.6 Å². The van der Waals surface area contributed by atoms with E-state index < -0.39 is 0 Å². The van der Waals surface area contributed by atoms with Crippen LogP contribution in [0.25, 0.3) is 0 Å². The second-order valence-electron chi connectivity index (χ2n) is 4.11. The lowest BCUT2D eigenvalue weighted by Gasteiger charge is -2.15. The van der Waals surface area contributed by atoms with Crippen LogP contribution in [0.3, 0.4) is 0 Å². The highest BCUT2D eigenvalue weighted by Crippen LogP contribution is 2.24. The molecule has 2 rings (SSSR count). The first-order valence-electron chi connectivity index (χ1n) is 5.39. The maximum Gasteiger partial charge on any atom is 0.0509 e. The van der Waals surface area contributed by atoms with Gasteiger partial charge >= 0.3 is 0 Å². The van der Waals surface area contributed by atoms with E-state index in [1.165, 1.54) is 5.56 Å². The number of aryl methyl sites for hydroxylation is 1. The number of nitrogens with zero attached hydrogens (tertiary/aromatic N) is 1. The summed E-state index contributed by atoms with van der Waals surface area (Å²) in [6.07, 6.45) is 3.76. The summed E-state index contributed by atoms with van der Waals surface area (Å²) >= 11 is 6.37. The molecule has 1 aromatic rings. The van der Waals surface area contributed by atoms with Gasteiger partial charge in [0.1, 0.15) is 0 Å². The second-order valence-corrected chi connectivity index (χ2v) is 4.67. The normalized spacial score (nSPS) is 22.9. The van der Waals surface area contributed by atoms with E-state index in [4.69, 9.17) is 16.3 Å². The molecule has 0 radical (unpaired) electrons. The van der Waals surface area contributed by atoms with Gasteiger partial charge in [0, 0.05) is 36.2 Å². The number of aromatic nitrogens is 1. The van der Waals surface area contributed by atoms with Gasteiger partial charge in [0.15, 0.2) is 0 Å². The van der Waals surface area contributed by atoms with Crippen molar-refractivity contribution in [3.63, 3.8) is 0 Å². The van der Waals surface area contributed by atoms with Gasteiger partial charge in [-0.2, -0.15) is 0 Å². The van der Waals surface area contributed by atoms with E-state index in [0.717, 1.165) is 31.7 Å². The Balaban J connectivity index is 1.99. The minimum atomic E-state index is 0.154. The molecule has 1 aliphatic rings. The van der Waals surface area contributed by atoms with Crippen molar-refractivity contribution in [2.45, 2.75) is 25.1 Å². The monoisotopic (exact) mass is 225 g/mol. The van der Waals surface area contributed by atoms with Crippen LogP contribution in [0.5, 0.6) is 0 Å². The van der Waals surface area contributed by atoms with Crippen molar-refractivity contribution in [1.82, 2.24) is 4.98 Å². The number of pyridine rings is 1. The zero-order valence-electron chi connectivity index (χ0n) is 8.95. The standard InChI is InChI=1S/C12H16ClNO/c1-9-3-2-5-14-12(9)7-11(13)10-4-6-15-8-10/h2-3,5,10-11H,4,6-8H2,1H3. The van der Waals surface area contributed by atoms with E-state index in [-0.39, 0.29) is 5.38 Å². The Hall–Kier alpha value is -0.600. The molecule has 2 nitrogen and oxygen atoms in total. The largest absolute Gasteiger partial charge is 0.381 e. The zero-order valence-corrected chi connectivity index (χ0v) is 9.70. The van der Waals surface area contributed by atoms with Crippen LogP contribution in [0.1, 0.15) is 17.7 Å². The molecule has 0 spiro atoms. The highest BCUT2D eigenvalue weighted by Gasteiger charge is 2.24. The summed E-state index contributed by atoms with van der Waals surface area (Å²) in [7, 11) is 0. The fraction of sp³-hybridized carbons (Fsp3) is 0.583. The summed E-state index contributed by atoms with van der Waals surface area (Å²) in [5.41, 5.74) is 2.34. The summed E-state index contributed by atoms with van der Waals surface area (Å²) < 4.78 is 5.34. The predicted molar refractivity (Wildman–Crippen MR) is 61.2 cm³/mol. The maximum absolute atomic E-state index is 6.37. The molecule has 2 unspecified atom stereocenters. The molecule has 0 bridgehead atoms. The zero-order chi connectivity index (χ0) is 10.7. The smallest absolute Gasteiger partial charge is 0.0509 e. The first kappa shape index (κ1) is 10.9. The molecule has 1 saturated heterocycles. The summed E-state index contributed by atoms with van der Waals surface area (Å²) in [5.74, 6) is 0.494. The van der Waals surface area contributed by atoms with Crippen LogP contribution in [0.2, 0.25) is 0 Å². The molecule has 0 aliphatic carbocycles. The Morgan fingerprint density at radius 3 is 3.20 bits per heavy atom. The van der Waals surface area contributed by atoms with E-state index in [1.807, 2.05) is 12.3 Å². The molecule has 0 amide bonds. The van der Waals surface area contributed by atoms with Crippen LogP contribution < -0.4 is 0 Å². The summed E-state index contributed by atoms with van der Waals surface area (Å²) in [6, 6.07) is 4.04. The third kappa shape index (κ3) is 2.70. The van der Waals surface area contributed by atoms with Gasteiger partial charge in [-0.05, 0) is 25.0 Å². The molecule has 1 aromatic heterocycles. The topological polar surface area (TPSA) is 22.1 Å². The van der Waals surface area contributed by atoms with Crippen molar-refractivity contribution in [2.75, 3.05) is 13.2 Å². The molecule has 2 heterocycles. The van der Waals surface area contributed by atoms with Gasteiger partial charge in [-0.1, -0.05) is 6.07 Å². The van der Waals surface area contributed by atoms with Gasteiger partial charge in [0.25, 0.3) is 0 Å². The molecule has 3 heteroatoms. The Bertz CT molecular complexity index is 323. The Kier molecular flexibility index (Phi) is 3.60. The highest BCUT2D eigenvalue weighted by molar-refractivity contribution is 6.20.